The first kappa shape index (κ1) is 31.2. The highest BCUT2D eigenvalue weighted by Crippen LogP contribution is 2.38. The zero-order valence-electron chi connectivity index (χ0n) is 25.1. The van der Waals surface area contributed by atoms with Crippen molar-refractivity contribution in [1.82, 2.24) is 20.0 Å². The van der Waals surface area contributed by atoms with Gasteiger partial charge in [0.25, 0.3) is 0 Å². The van der Waals surface area contributed by atoms with Crippen molar-refractivity contribution in [2.75, 3.05) is 44.7 Å². The molecule has 44 heavy (non-hydrogen) atoms. The van der Waals surface area contributed by atoms with E-state index in [0.29, 0.717) is 67.7 Å². The maximum atomic E-state index is 15.4. The Kier molecular flexibility index (Phi) is 9.64. The van der Waals surface area contributed by atoms with Crippen molar-refractivity contribution in [3.05, 3.63) is 82.3 Å². The van der Waals surface area contributed by atoms with Crippen molar-refractivity contribution in [1.29, 1.82) is 5.26 Å². The van der Waals surface area contributed by atoms with E-state index in [9.17, 15) is 9.59 Å². The first-order valence-electron chi connectivity index (χ1n) is 14.9. The van der Waals surface area contributed by atoms with Crippen molar-refractivity contribution < 1.29 is 18.7 Å². The minimum atomic E-state index is -0.559. The van der Waals surface area contributed by atoms with Gasteiger partial charge in [0.15, 0.2) is 11.5 Å². The molecular weight excluding hydrogens is 583 g/mol. The molecule has 2 amide bonds. The molecule has 2 aliphatic heterocycles. The van der Waals surface area contributed by atoms with Crippen molar-refractivity contribution in [2.24, 2.45) is 11.8 Å². The third-order valence-corrected chi connectivity index (χ3v) is 8.82. The van der Waals surface area contributed by atoms with Crippen LogP contribution in [0, 0.1) is 29.0 Å². The highest BCUT2D eigenvalue weighted by molar-refractivity contribution is 6.30. The van der Waals surface area contributed by atoms with Gasteiger partial charge in [0, 0.05) is 55.6 Å². The smallest absolute Gasteiger partial charge is 0.228 e. The maximum absolute atomic E-state index is 15.4. The maximum Gasteiger partial charge on any atom is 0.228 e. The van der Waals surface area contributed by atoms with Crippen LogP contribution in [-0.2, 0) is 9.59 Å². The Hall–Kier alpha value is -4.23. The molecule has 9 nitrogen and oxygen atoms in total. The lowest BCUT2D eigenvalue weighted by Crippen LogP contribution is -2.48. The largest absolute Gasteiger partial charge is 0.497 e. The summed E-state index contributed by atoms with van der Waals surface area (Å²) in [5, 5.41) is 17.9. The predicted molar refractivity (Wildman–Crippen MR) is 165 cm³/mol. The molecule has 2 aliphatic rings. The average Bonchev–Trinajstić information content (AvgIpc) is 3.46. The molecule has 1 aromatic heterocycles. The Balaban J connectivity index is 1.41. The summed E-state index contributed by atoms with van der Waals surface area (Å²) in [4.78, 5) is 33.4. The van der Waals surface area contributed by atoms with Gasteiger partial charge in [-0.05, 0) is 54.3 Å². The van der Waals surface area contributed by atoms with Crippen LogP contribution in [0.4, 0.5) is 10.2 Å². The van der Waals surface area contributed by atoms with E-state index >= 15 is 4.39 Å². The number of anilines is 1. The Morgan fingerprint density at radius 1 is 1.05 bits per heavy atom. The summed E-state index contributed by atoms with van der Waals surface area (Å²) in [5.41, 5.74) is 1.64. The minimum absolute atomic E-state index is 0.0314. The number of benzene rings is 2. The molecule has 3 aromatic rings. The molecule has 2 aromatic carbocycles. The van der Waals surface area contributed by atoms with Gasteiger partial charge < -0.3 is 19.4 Å². The molecule has 0 saturated carbocycles. The Morgan fingerprint density at radius 3 is 2.45 bits per heavy atom. The highest BCUT2D eigenvalue weighted by atomic mass is 35.5. The molecule has 2 saturated heterocycles. The number of halogens is 2. The van der Waals surface area contributed by atoms with Crippen molar-refractivity contribution in [3.63, 3.8) is 0 Å². The lowest BCUT2D eigenvalue weighted by atomic mass is 9.87. The lowest BCUT2D eigenvalue weighted by Gasteiger charge is -2.39. The molecule has 2 fully saturated rings. The summed E-state index contributed by atoms with van der Waals surface area (Å²) < 4.78 is 20.6. The van der Waals surface area contributed by atoms with Crippen LogP contribution in [0.3, 0.4) is 0 Å². The van der Waals surface area contributed by atoms with Crippen LogP contribution in [-0.4, -0.2) is 71.6 Å². The van der Waals surface area contributed by atoms with E-state index in [2.05, 4.69) is 10.2 Å². The fourth-order valence-electron chi connectivity index (χ4n) is 6.25. The van der Waals surface area contributed by atoms with E-state index in [-0.39, 0.29) is 29.5 Å². The Labute approximate surface area is 262 Å². The van der Waals surface area contributed by atoms with Crippen LogP contribution in [0.2, 0.25) is 5.02 Å². The number of rotatable bonds is 6. The third kappa shape index (κ3) is 6.63. The first-order valence-corrected chi connectivity index (χ1v) is 15.2. The molecule has 0 spiro atoms. The lowest BCUT2D eigenvalue weighted by molar-refractivity contribution is -0.142. The highest BCUT2D eigenvalue weighted by Gasteiger charge is 2.43. The number of methoxy groups -OCH3 is 1. The standard InChI is InChI=1S/C33H36ClFN6O3/c1-21(2)32(42)41-16-15-39(14-4-5-30(41)22-6-8-23(34)9-7-22)33(43)28-20-40(31-13-10-24(18-36)37-38-31)19-27(28)26-12-11-25(44-3)17-29(26)35/h6-13,17,21,27-28,30H,4-5,14-16,19-20H2,1-3H3/t27-,28?,30-/m0/s1. The number of ether oxygens (including phenoxy) is 1. The predicted octanol–water partition coefficient (Wildman–Crippen LogP) is 5.22. The molecule has 0 radical (unpaired) electrons. The molecule has 0 N–H and O–H groups in total. The number of hydrogen-bond acceptors (Lipinski definition) is 7. The van der Waals surface area contributed by atoms with E-state index in [1.165, 1.54) is 13.2 Å². The number of aromatic nitrogens is 2. The SMILES string of the molecule is COc1ccc([C@@H]2CN(c3ccc(C#N)nn3)CC2C(=O)N2CCC[C@@H](c3ccc(Cl)cc3)N(C(=O)C(C)C)CC2)c(F)c1. The number of nitrogens with zero attached hydrogens (tertiary/aromatic N) is 6. The van der Waals surface area contributed by atoms with Crippen LogP contribution >= 0.6 is 11.6 Å². The van der Waals surface area contributed by atoms with Gasteiger partial charge in [-0.1, -0.05) is 43.6 Å². The summed E-state index contributed by atoms with van der Waals surface area (Å²) in [5.74, 6) is -0.788. The number of carbonyl (C=O) groups excluding carboxylic acids is 2. The Morgan fingerprint density at radius 2 is 1.82 bits per heavy atom. The fourth-order valence-corrected chi connectivity index (χ4v) is 6.38. The zero-order valence-corrected chi connectivity index (χ0v) is 25.9. The van der Waals surface area contributed by atoms with E-state index < -0.39 is 17.7 Å². The van der Waals surface area contributed by atoms with Gasteiger partial charge in [0.05, 0.1) is 19.1 Å². The van der Waals surface area contributed by atoms with Crippen molar-refractivity contribution in [2.45, 2.75) is 38.6 Å². The van der Waals surface area contributed by atoms with E-state index in [4.69, 9.17) is 21.6 Å². The summed E-state index contributed by atoms with van der Waals surface area (Å²) in [6, 6.07) is 17.5. The molecule has 0 bridgehead atoms. The van der Waals surface area contributed by atoms with Gasteiger partial charge in [0.1, 0.15) is 17.6 Å². The summed E-state index contributed by atoms with van der Waals surface area (Å²) >= 11 is 6.14. The molecule has 1 unspecified atom stereocenters. The number of hydrogen-bond donors (Lipinski definition) is 0. The van der Waals surface area contributed by atoms with Crippen LogP contribution in [0.25, 0.3) is 0 Å². The number of carbonyl (C=O) groups is 2. The van der Waals surface area contributed by atoms with Gasteiger partial charge in [-0.3, -0.25) is 9.59 Å². The van der Waals surface area contributed by atoms with Crippen LogP contribution in [0.1, 0.15) is 55.5 Å². The van der Waals surface area contributed by atoms with Crippen LogP contribution in [0.15, 0.2) is 54.6 Å². The second-order valence-electron chi connectivity index (χ2n) is 11.6. The number of nitriles is 1. The monoisotopic (exact) mass is 618 g/mol. The summed E-state index contributed by atoms with van der Waals surface area (Å²) in [6.07, 6.45) is 1.39. The van der Waals surface area contributed by atoms with Gasteiger partial charge in [-0.25, -0.2) is 4.39 Å². The second kappa shape index (κ2) is 13.6. The van der Waals surface area contributed by atoms with E-state index in [1.54, 1.807) is 24.3 Å². The third-order valence-electron chi connectivity index (χ3n) is 8.57. The van der Waals surface area contributed by atoms with Gasteiger partial charge in [0.2, 0.25) is 11.8 Å². The van der Waals surface area contributed by atoms with Crippen LogP contribution in [0.5, 0.6) is 5.75 Å². The van der Waals surface area contributed by atoms with Gasteiger partial charge >= 0.3 is 0 Å². The van der Waals surface area contributed by atoms with Crippen molar-refractivity contribution >= 4 is 29.2 Å². The summed E-state index contributed by atoms with van der Waals surface area (Å²) in [7, 11) is 1.48. The molecular formula is C33H36ClFN6O3. The molecule has 230 valence electrons. The fraction of sp³-hybridized carbons (Fsp3) is 0.424. The van der Waals surface area contributed by atoms with E-state index in [1.807, 2.05) is 58.9 Å². The number of amides is 2. The molecule has 11 heteroatoms. The first-order chi connectivity index (χ1) is 21.2. The molecule has 3 atom stereocenters. The summed E-state index contributed by atoms with van der Waals surface area (Å²) in [6.45, 7) is 5.71. The second-order valence-corrected chi connectivity index (χ2v) is 12.1. The molecule has 3 heterocycles. The van der Waals surface area contributed by atoms with Gasteiger partial charge in [-0.2, -0.15) is 5.26 Å². The van der Waals surface area contributed by atoms with Crippen LogP contribution < -0.4 is 9.64 Å². The van der Waals surface area contributed by atoms with Crippen molar-refractivity contribution in [3.8, 4) is 11.8 Å². The molecule has 5 rings (SSSR count). The average molecular weight is 619 g/mol. The molecule has 0 aliphatic carbocycles. The van der Waals surface area contributed by atoms with Gasteiger partial charge in [-0.15, -0.1) is 10.2 Å². The topological polar surface area (TPSA) is 103 Å². The Bertz CT molecular complexity index is 1530. The zero-order chi connectivity index (χ0) is 31.4. The van der Waals surface area contributed by atoms with E-state index in [0.717, 1.165) is 5.56 Å². The quantitative estimate of drug-likeness (QED) is 0.373. The minimum Gasteiger partial charge on any atom is -0.497 e. The normalized spacial score (nSPS) is 20.7.